The van der Waals surface area contributed by atoms with Gasteiger partial charge in [-0.15, -0.1) is 0 Å². The van der Waals surface area contributed by atoms with Crippen molar-refractivity contribution in [3.63, 3.8) is 0 Å². The van der Waals surface area contributed by atoms with Crippen LogP contribution in [0.25, 0.3) is 0 Å². The summed E-state index contributed by atoms with van der Waals surface area (Å²) < 4.78 is 0. The van der Waals surface area contributed by atoms with Gasteiger partial charge >= 0.3 is 0 Å². The number of nitrogens with two attached hydrogens (primary N) is 1. The fraction of sp³-hybridized carbons (Fsp3) is 0.941. The summed E-state index contributed by atoms with van der Waals surface area (Å²) in [5, 5.41) is 3.48. The topological polar surface area (TPSA) is 58.4 Å². The van der Waals surface area contributed by atoms with E-state index in [1.807, 2.05) is 0 Å². The quantitative estimate of drug-likeness (QED) is 0.757. The molecule has 122 valence electrons. The second kappa shape index (κ2) is 7.10. The summed E-state index contributed by atoms with van der Waals surface area (Å²) in [7, 11) is 0. The van der Waals surface area contributed by atoms with Gasteiger partial charge in [-0.3, -0.25) is 4.79 Å². The van der Waals surface area contributed by atoms with Gasteiger partial charge in [0.25, 0.3) is 0 Å². The smallest absolute Gasteiger partial charge is 0.237 e. The average molecular weight is 295 g/mol. The third kappa shape index (κ3) is 3.98. The van der Waals surface area contributed by atoms with E-state index in [4.69, 9.17) is 5.73 Å². The Bertz CT molecular complexity index is 354. The maximum Gasteiger partial charge on any atom is 0.237 e. The van der Waals surface area contributed by atoms with Crippen LogP contribution < -0.4 is 11.1 Å². The van der Waals surface area contributed by atoms with E-state index in [9.17, 15) is 4.79 Å². The molecule has 2 atom stereocenters. The lowest BCUT2D eigenvalue weighted by molar-refractivity contribution is -0.127. The molecule has 0 spiro atoms. The minimum Gasteiger partial charge on any atom is -0.368 e. The summed E-state index contributed by atoms with van der Waals surface area (Å²) in [6.45, 7) is 8.73. The van der Waals surface area contributed by atoms with Gasteiger partial charge in [0.05, 0.1) is 5.54 Å². The third-order valence-electron chi connectivity index (χ3n) is 5.40. The molecule has 2 aliphatic carbocycles. The molecular formula is C17H33N3O. The molecule has 2 aliphatic rings. The van der Waals surface area contributed by atoms with Crippen LogP contribution in [0.4, 0.5) is 0 Å². The van der Waals surface area contributed by atoms with Crippen LogP contribution in [-0.4, -0.2) is 41.5 Å². The predicted octanol–water partition coefficient (Wildman–Crippen LogP) is 2.27. The fourth-order valence-corrected chi connectivity index (χ4v) is 4.08. The Balaban J connectivity index is 2.03. The van der Waals surface area contributed by atoms with Crippen molar-refractivity contribution in [1.29, 1.82) is 0 Å². The number of carbonyl (C=O) groups excluding carboxylic acids is 1. The van der Waals surface area contributed by atoms with E-state index >= 15 is 0 Å². The number of hydrogen-bond acceptors (Lipinski definition) is 3. The van der Waals surface area contributed by atoms with Gasteiger partial charge < -0.3 is 16.0 Å². The molecule has 0 heterocycles. The monoisotopic (exact) mass is 295 g/mol. The molecule has 2 fully saturated rings. The number of carbonyl (C=O) groups is 1. The zero-order valence-electron chi connectivity index (χ0n) is 14.0. The molecule has 2 saturated carbocycles. The van der Waals surface area contributed by atoms with Crippen molar-refractivity contribution in [3.05, 3.63) is 0 Å². The first-order chi connectivity index (χ1) is 9.97. The molecule has 4 nitrogen and oxygen atoms in total. The van der Waals surface area contributed by atoms with Gasteiger partial charge in [0.2, 0.25) is 5.91 Å². The highest BCUT2D eigenvalue weighted by Crippen LogP contribution is 2.34. The zero-order chi connectivity index (χ0) is 15.5. The molecule has 0 bridgehead atoms. The van der Waals surface area contributed by atoms with Crippen LogP contribution >= 0.6 is 0 Å². The van der Waals surface area contributed by atoms with Crippen molar-refractivity contribution < 1.29 is 4.79 Å². The fourth-order valence-electron chi connectivity index (χ4n) is 4.08. The molecule has 0 aromatic carbocycles. The molecule has 0 aliphatic heterocycles. The summed E-state index contributed by atoms with van der Waals surface area (Å²) >= 11 is 0. The number of rotatable bonds is 7. The van der Waals surface area contributed by atoms with Crippen molar-refractivity contribution >= 4 is 5.91 Å². The van der Waals surface area contributed by atoms with Gasteiger partial charge in [-0.1, -0.05) is 13.3 Å². The van der Waals surface area contributed by atoms with Crippen LogP contribution in [0.1, 0.15) is 65.7 Å². The van der Waals surface area contributed by atoms with E-state index in [0.29, 0.717) is 6.04 Å². The van der Waals surface area contributed by atoms with E-state index in [0.717, 1.165) is 31.7 Å². The molecule has 21 heavy (non-hydrogen) atoms. The summed E-state index contributed by atoms with van der Waals surface area (Å²) in [6.07, 6.45) is 8.22. The summed E-state index contributed by atoms with van der Waals surface area (Å²) in [5.41, 5.74) is 5.28. The lowest BCUT2D eigenvalue weighted by Gasteiger charge is -2.45. The Morgan fingerprint density at radius 1 is 1.33 bits per heavy atom. The van der Waals surface area contributed by atoms with E-state index in [-0.39, 0.29) is 11.9 Å². The Morgan fingerprint density at radius 2 is 2.05 bits per heavy atom. The summed E-state index contributed by atoms with van der Waals surface area (Å²) in [5.74, 6) is 0.716. The molecule has 2 unspecified atom stereocenters. The minimum absolute atomic E-state index is 0.166. The number of primary amides is 1. The normalized spacial score (nSPS) is 30.6. The lowest BCUT2D eigenvalue weighted by atomic mass is 9.76. The van der Waals surface area contributed by atoms with E-state index in [1.165, 1.54) is 32.2 Å². The predicted molar refractivity (Wildman–Crippen MR) is 87.0 cm³/mol. The van der Waals surface area contributed by atoms with Crippen molar-refractivity contribution in [3.8, 4) is 0 Å². The Morgan fingerprint density at radius 3 is 2.52 bits per heavy atom. The third-order valence-corrected chi connectivity index (χ3v) is 5.40. The molecule has 2 rings (SSSR count). The molecule has 1 amide bonds. The minimum atomic E-state index is -0.496. The number of nitrogens with one attached hydrogen (secondary N) is 1. The van der Waals surface area contributed by atoms with Gasteiger partial charge in [0, 0.05) is 18.6 Å². The number of hydrogen-bond donors (Lipinski definition) is 2. The first-order valence-corrected chi connectivity index (χ1v) is 8.78. The molecule has 0 aromatic heterocycles. The highest BCUT2D eigenvalue weighted by Gasteiger charge is 2.43. The van der Waals surface area contributed by atoms with Crippen molar-refractivity contribution in [1.82, 2.24) is 10.2 Å². The molecule has 3 N–H and O–H groups in total. The SMILES string of the molecule is CCN(CC1CCC1)C1CCCC(NC(C)C)(C(N)=O)C1. The second-order valence-corrected chi connectivity index (χ2v) is 7.38. The molecule has 0 aromatic rings. The van der Waals surface area contributed by atoms with E-state index < -0.39 is 5.54 Å². The standard InChI is InChI=1S/C17H33N3O/c1-4-20(12-14-7-5-8-14)15-9-6-10-17(11-15,16(18)21)19-13(2)3/h13-15,19H,4-12H2,1-3H3,(H2,18,21). The van der Waals surface area contributed by atoms with Crippen LogP contribution in [0.5, 0.6) is 0 Å². The molecular weight excluding hydrogens is 262 g/mol. The Labute approximate surface area is 129 Å². The first-order valence-electron chi connectivity index (χ1n) is 8.78. The Hall–Kier alpha value is -0.610. The summed E-state index contributed by atoms with van der Waals surface area (Å²) in [6, 6.07) is 0.793. The van der Waals surface area contributed by atoms with E-state index in [1.54, 1.807) is 0 Å². The second-order valence-electron chi connectivity index (χ2n) is 7.38. The van der Waals surface area contributed by atoms with Crippen molar-refractivity contribution in [2.75, 3.05) is 13.1 Å². The van der Waals surface area contributed by atoms with Gasteiger partial charge in [-0.2, -0.15) is 0 Å². The van der Waals surface area contributed by atoms with Crippen LogP contribution in [0.15, 0.2) is 0 Å². The number of nitrogens with zero attached hydrogens (tertiary/aromatic N) is 1. The molecule has 4 heteroatoms. The largest absolute Gasteiger partial charge is 0.368 e. The maximum absolute atomic E-state index is 12.1. The number of amides is 1. The van der Waals surface area contributed by atoms with E-state index in [2.05, 4.69) is 31.0 Å². The van der Waals surface area contributed by atoms with Gasteiger partial charge in [-0.25, -0.2) is 0 Å². The van der Waals surface area contributed by atoms with Crippen LogP contribution in [0.2, 0.25) is 0 Å². The molecule has 0 saturated heterocycles. The maximum atomic E-state index is 12.1. The lowest BCUT2D eigenvalue weighted by Crippen LogP contribution is -2.62. The highest BCUT2D eigenvalue weighted by atomic mass is 16.1. The van der Waals surface area contributed by atoms with Gasteiger partial charge in [0.15, 0.2) is 0 Å². The highest BCUT2D eigenvalue weighted by molar-refractivity contribution is 5.85. The Kier molecular flexibility index (Phi) is 5.67. The van der Waals surface area contributed by atoms with Gasteiger partial charge in [0.1, 0.15) is 0 Å². The first kappa shape index (κ1) is 16.8. The molecule has 0 radical (unpaired) electrons. The average Bonchev–Trinajstić information content (AvgIpc) is 2.37. The van der Waals surface area contributed by atoms with Crippen molar-refractivity contribution in [2.45, 2.75) is 83.3 Å². The zero-order valence-corrected chi connectivity index (χ0v) is 14.0. The van der Waals surface area contributed by atoms with Crippen LogP contribution in [0.3, 0.4) is 0 Å². The van der Waals surface area contributed by atoms with Crippen molar-refractivity contribution in [2.24, 2.45) is 11.7 Å². The van der Waals surface area contributed by atoms with Crippen LogP contribution in [0, 0.1) is 5.92 Å². The van der Waals surface area contributed by atoms with Gasteiger partial charge in [-0.05, 0) is 64.8 Å². The van der Waals surface area contributed by atoms with Crippen LogP contribution in [-0.2, 0) is 4.79 Å². The summed E-state index contributed by atoms with van der Waals surface area (Å²) in [4.78, 5) is 14.7.